The van der Waals surface area contributed by atoms with Gasteiger partial charge in [0.05, 0.1) is 13.2 Å². The van der Waals surface area contributed by atoms with Gasteiger partial charge in [-0.15, -0.1) is 0 Å². The Kier molecular flexibility index (Phi) is 6.62. The van der Waals surface area contributed by atoms with Crippen molar-refractivity contribution < 1.29 is 14.3 Å². The molecule has 0 spiro atoms. The standard InChI is InChI=1S/C13H25N3O3/c1-4-15(3)12(17)10-14-11-6-8-16(9-7-11)13(18)19-5-2/h11,14H,4-10H2,1-3H3. The number of rotatable bonds is 5. The highest BCUT2D eigenvalue weighted by Crippen LogP contribution is 2.11. The molecule has 0 aromatic heterocycles. The van der Waals surface area contributed by atoms with Crippen LogP contribution < -0.4 is 5.32 Å². The van der Waals surface area contributed by atoms with Gasteiger partial charge < -0.3 is 19.9 Å². The Morgan fingerprint density at radius 1 is 1.32 bits per heavy atom. The van der Waals surface area contributed by atoms with Gasteiger partial charge in [-0.2, -0.15) is 0 Å². The molecule has 1 saturated heterocycles. The number of nitrogens with one attached hydrogen (secondary N) is 1. The third kappa shape index (κ3) is 5.06. The van der Waals surface area contributed by atoms with Gasteiger partial charge in [0.1, 0.15) is 0 Å². The number of ether oxygens (including phenoxy) is 1. The molecule has 1 fully saturated rings. The molecule has 0 atom stereocenters. The number of carbonyl (C=O) groups excluding carboxylic acids is 2. The van der Waals surface area contributed by atoms with Crippen molar-refractivity contribution in [3.05, 3.63) is 0 Å². The lowest BCUT2D eigenvalue weighted by molar-refractivity contribution is -0.128. The normalized spacial score (nSPS) is 16.3. The van der Waals surface area contributed by atoms with E-state index in [9.17, 15) is 9.59 Å². The first kappa shape index (κ1) is 15.8. The summed E-state index contributed by atoms with van der Waals surface area (Å²) in [5, 5.41) is 3.26. The molecule has 1 aliphatic rings. The number of nitrogens with zero attached hydrogens (tertiary/aromatic N) is 2. The second kappa shape index (κ2) is 7.99. The SMILES string of the molecule is CCOC(=O)N1CCC(NCC(=O)N(C)CC)CC1. The lowest BCUT2D eigenvalue weighted by Gasteiger charge is -2.31. The van der Waals surface area contributed by atoms with E-state index in [2.05, 4.69) is 5.32 Å². The molecule has 0 unspecified atom stereocenters. The van der Waals surface area contributed by atoms with Gasteiger partial charge in [0.2, 0.25) is 5.91 Å². The lowest BCUT2D eigenvalue weighted by atomic mass is 10.1. The number of hydrogen-bond donors (Lipinski definition) is 1. The lowest BCUT2D eigenvalue weighted by Crippen LogP contribution is -2.47. The van der Waals surface area contributed by atoms with Crippen molar-refractivity contribution in [3.63, 3.8) is 0 Å². The first-order chi connectivity index (χ1) is 9.08. The van der Waals surface area contributed by atoms with E-state index in [1.165, 1.54) is 0 Å². The van der Waals surface area contributed by atoms with Gasteiger partial charge in [-0.05, 0) is 26.7 Å². The van der Waals surface area contributed by atoms with Crippen LogP contribution in [0.25, 0.3) is 0 Å². The zero-order valence-electron chi connectivity index (χ0n) is 12.1. The zero-order valence-corrected chi connectivity index (χ0v) is 12.1. The highest BCUT2D eigenvalue weighted by atomic mass is 16.6. The monoisotopic (exact) mass is 271 g/mol. The minimum atomic E-state index is -0.234. The van der Waals surface area contributed by atoms with E-state index in [0.29, 0.717) is 32.3 Å². The van der Waals surface area contributed by atoms with Crippen molar-refractivity contribution in [1.29, 1.82) is 0 Å². The minimum Gasteiger partial charge on any atom is -0.450 e. The van der Waals surface area contributed by atoms with Gasteiger partial charge >= 0.3 is 6.09 Å². The van der Waals surface area contributed by atoms with E-state index >= 15 is 0 Å². The van der Waals surface area contributed by atoms with Crippen LogP contribution in [-0.4, -0.2) is 67.7 Å². The molecule has 0 radical (unpaired) electrons. The van der Waals surface area contributed by atoms with Gasteiger partial charge in [0.15, 0.2) is 0 Å². The number of amides is 2. The molecule has 1 heterocycles. The smallest absolute Gasteiger partial charge is 0.409 e. The Labute approximate surface area is 115 Å². The van der Waals surface area contributed by atoms with E-state index in [-0.39, 0.29) is 12.0 Å². The Hall–Kier alpha value is -1.30. The second-order valence-electron chi connectivity index (χ2n) is 4.75. The first-order valence-electron chi connectivity index (χ1n) is 6.97. The van der Waals surface area contributed by atoms with Gasteiger partial charge in [0.25, 0.3) is 0 Å². The molecular formula is C13H25N3O3. The molecule has 110 valence electrons. The van der Waals surface area contributed by atoms with Crippen LogP contribution in [0.2, 0.25) is 0 Å². The van der Waals surface area contributed by atoms with Crippen LogP contribution in [0.1, 0.15) is 26.7 Å². The summed E-state index contributed by atoms with van der Waals surface area (Å²) in [5.74, 6) is 0.107. The molecular weight excluding hydrogens is 246 g/mol. The molecule has 0 saturated carbocycles. The summed E-state index contributed by atoms with van der Waals surface area (Å²) in [5.41, 5.74) is 0. The third-order valence-corrected chi connectivity index (χ3v) is 3.46. The molecule has 1 rings (SSSR count). The zero-order chi connectivity index (χ0) is 14.3. The topological polar surface area (TPSA) is 61.9 Å². The van der Waals surface area contributed by atoms with Gasteiger partial charge in [-0.1, -0.05) is 0 Å². The van der Waals surface area contributed by atoms with Crippen LogP contribution >= 0.6 is 0 Å². The molecule has 0 aromatic rings. The average molecular weight is 271 g/mol. The summed E-state index contributed by atoms with van der Waals surface area (Å²) < 4.78 is 4.97. The molecule has 1 aliphatic heterocycles. The highest BCUT2D eigenvalue weighted by Gasteiger charge is 2.23. The fraction of sp³-hybridized carbons (Fsp3) is 0.846. The summed E-state index contributed by atoms with van der Waals surface area (Å²) >= 11 is 0. The average Bonchev–Trinajstić information content (AvgIpc) is 2.44. The summed E-state index contributed by atoms with van der Waals surface area (Å²) in [7, 11) is 1.80. The van der Waals surface area contributed by atoms with E-state index < -0.39 is 0 Å². The van der Waals surface area contributed by atoms with Crippen molar-refractivity contribution in [3.8, 4) is 0 Å². The number of hydrogen-bond acceptors (Lipinski definition) is 4. The van der Waals surface area contributed by atoms with E-state index in [4.69, 9.17) is 4.74 Å². The molecule has 19 heavy (non-hydrogen) atoms. The van der Waals surface area contributed by atoms with Crippen molar-refractivity contribution in [1.82, 2.24) is 15.1 Å². The summed E-state index contributed by atoms with van der Waals surface area (Å²) in [6, 6.07) is 0.305. The van der Waals surface area contributed by atoms with Crippen molar-refractivity contribution >= 4 is 12.0 Å². The van der Waals surface area contributed by atoms with Crippen LogP contribution in [-0.2, 0) is 9.53 Å². The number of carbonyl (C=O) groups is 2. The summed E-state index contributed by atoms with van der Waals surface area (Å²) in [6.07, 6.45) is 1.49. The van der Waals surface area contributed by atoms with Gasteiger partial charge in [-0.3, -0.25) is 4.79 Å². The predicted octanol–water partition coefficient (Wildman–Crippen LogP) is 0.675. The predicted molar refractivity (Wildman–Crippen MR) is 72.9 cm³/mol. The van der Waals surface area contributed by atoms with Crippen LogP contribution in [0.4, 0.5) is 4.79 Å². The fourth-order valence-corrected chi connectivity index (χ4v) is 2.02. The molecule has 1 N–H and O–H groups in total. The third-order valence-electron chi connectivity index (χ3n) is 3.46. The van der Waals surface area contributed by atoms with E-state index in [1.54, 1.807) is 16.8 Å². The Morgan fingerprint density at radius 2 is 1.95 bits per heavy atom. The summed E-state index contributed by atoms with van der Waals surface area (Å²) in [4.78, 5) is 26.6. The molecule has 0 bridgehead atoms. The van der Waals surface area contributed by atoms with E-state index in [1.807, 2.05) is 13.8 Å². The van der Waals surface area contributed by atoms with Crippen LogP contribution in [0.15, 0.2) is 0 Å². The van der Waals surface area contributed by atoms with Crippen molar-refractivity contribution in [2.75, 3.05) is 39.8 Å². The second-order valence-corrected chi connectivity index (χ2v) is 4.75. The maximum Gasteiger partial charge on any atom is 0.409 e. The molecule has 0 aliphatic carbocycles. The van der Waals surface area contributed by atoms with Crippen molar-refractivity contribution in [2.24, 2.45) is 0 Å². The maximum absolute atomic E-state index is 11.7. The van der Waals surface area contributed by atoms with Crippen LogP contribution in [0.5, 0.6) is 0 Å². The van der Waals surface area contributed by atoms with Crippen LogP contribution in [0.3, 0.4) is 0 Å². The van der Waals surface area contributed by atoms with Crippen molar-refractivity contribution in [2.45, 2.75) is 32.7 Å². The fourth-order valence-electron chi connectivity index (χ4n) is 2.02. The molecule has 0 aromatic carbocycles. The molecule has 6 nitrogen and oxygen atoms in total. The Morgan fingerprint density at radius 3 is 2.47 bits per heavy atom. The van der Waals surface area contributed by atoms with Crippen LogP contribution in [0, 0.1) is 0 Å². The molecule has 6 heteroatoms. The number of likely N-dealkylation sites (tertiary alicyclic amines) is 1. The Balaban J connectivity index is 2.23. The van der Waals surface area contributed by atoms with Gasteiger partial charge in [0, 0.05) is 32.7 Å². The van der Waals surface area contributed by atoms with E-state index in [0.717, 1.165) is 19.4 Å². The molecule has 2 amide bonds. The number of piperidine rings is 1. The first-order valence-corrected chi connectivity index (χ1v) is 6.97. The van der Waals surface area contributed by atoms with Gasteiger partial charge in [-0.25, -0.2) is 4.79 Å². The number of likely N-dealkylation sites (N-methyl/N-ethyl adjacent to an activating group) is 1. The Bertz CT molecular complexity index is 302. The largest absolute Gasteiger partial charge is 0.450 e. The summed E-state index contributed by atoms with van der Waals surface area (Å²) in [6.45, 7) is 6.64. The quantitative estimate of drug-likeness (QED) is 0.798. The highest BCUT2D eigenvalue weighted by molar-refractivity contribution is 5.77. The minimum absolute atomic E-state index is 0.107. The maximum atomic E-state index is 11.7.